The fourth-order valence-electron chi connectivity index (χ4n) is 2.55. The summed E-state index contributed by atoms with van der Waals surface area (Å²) < 4.78 is 1.33. The van der Waals surface area contributed by atoms with Crippen LogP contribution < -0.4 is 0 Å². The Morgan fingerprint density at radius 3 is 2.00 bits per heavy atom. The Morgan fingerprint density at radius 1 is 1.45 bits per heavy atom. The Morgan fingerprint density at radius 2 is 1.91 bits per heavy atom. The molecule has 1 heteroatoms. The lowest BCUT2D eigenvalue weighted by atomic mass is 10.0. The van der Waals surface area contributed by atoms with Crippen LogP contribution in [-0.2, 0) is 0 Å². The van der Waals surface area contributed by atoms with Gasteiger partial charge in [0, 0.05) is 5.92 Å². The van der Waals surface area contributed by atoms with E-state index in [1.54, 1.807) is 0 Å². The molecule has 3 unspecified atom stereocenters. The number of hydrogen-bond donors (Lipinski definition) is 0. The first-order chi connectivity index (χ1) is 5.02. The predicted octanol–water partition coefficient (Wildman–Crippen LogP) is 2.27. The molecule has 3 atom stereocenters. The van der Waals surface area contributed by atoms with Gasteiger partial charge in [0.1, 0.15) is 12.6 Å². The molecule has 0 bridgehead atoms. The van der Waals surface area contributed by atoms with Gasteiger partial charge in [0.25, 0.3) is 0 Å². The smallest absolute Gasteiger partial charge is 0.136 e. The van der Waals surface area contributed by atoms with E-state index in [0.29, 0.717) is 0 Å². The van der Waals surface area contributed by atoms with Crippen LogP contribution in [0.5, 0.6) is 0 Å². The van der Waals surface area contributed by atoms with Gasteiger partial charge < -0.3 is 4.48 Å². The molecule has 11 heavy (non-hydrogen) atoms. The molecule has 0 aromatic rings. The van der Waals surface area contributed by atoms with Gasteiger partial charge >= 0.3 is 0 Å². The molecule has 0 radical (unpaired) electrons. The minimum atomic E-state index is 0.843. The first-order valence-electron chi connectivity index (χ1n) is 4.87. The zero-order valence-corrected chi connectivity index (χ0v) is 8.59. The van der Waals surface area contributed by atoms with Crippen molar-refractivity contribution in [2.45, 2.75) is 46.2 Å². The second kappa shape index (κ2) is 2.78. The van der Waals surface area contributed by atoms with Crippen LogP contribution in [0.1, 0.15) is 34.1 Å². The second-order valence-electron chi connectivity index (χ2n) is 4.60. The second-order valence-corrected chi connectivity index (χ2v) is 4.60. The van der Waals surface area contributed by atoms with Crippen molar-refractivity contribution in [3.05, 3.63) is 0 Å². The van der Waals surface area contributed by atoms with Crippen molar-refractivity contribution in [3.63, 3.8) is 0 Å². The van der Waals surface area contributed by atoms with Gasteiger partial charge in [-0.25, -0.2) is 0 Å². The number of hydrogen-bond acceptors (Lipinski definition) is 0. The lowest BCUT2D eigenvalue weighted by Crippen LogP contribution is -2.39. The van der Waals surface area contributed by atoms with Crippen molar-refractivity contribution < 1.29 is 4.48 Å². The van der Waals surface area contributed by atoms with Gasteiger partial charge in [0.15, 0.2) is 0 Å². The van der Waals surface area contributed by atoms with E-state index in [1.807, 2.05) is 0 Å². The van der Waals surface area contributed by atoms with E-state index in [4.69, 9.17) is 0 Å². The highest BCUT2D eigenvalue weighted by Crippen LogP contribution is 2.36. The minimum Gasteiger partial charge on any atom is -0.312 e. The number of quaternary nitrogens is 1. The third-order valence-corrected chi connectivity index (χ3v) is 3.48. The van der Waals surface area contributed by atoms with Crippen molar-refractivity contribution in [1.82, 2.24) is 0 Å². The molecule has 0 N–H and O–H groups in total. The van der Waals surface area contributed by atoms with E-state index < -0.39 is 0 Å². The average Bonchev–Trinajstić information content (AvgIpc) is 2.41. The average molecular weight is 156 g/mol. The van der Waals surface area contributed by atoms with E-state index in [1.165, 1.54) is 17.4 Å². The predicted molar refractivity (Wildman–Crippen MR) is 49.4 cm³/mol. The third kappa shape index (κ3) is 1.44. The van der Waals surface area contributed by atoms with Gasteiger partial charge in [-0.3, -0.25) is 0 Å². The first-order valence-corrected chi connectivity index (χ1v) is 4.87. The van der Waals surface area contributed by atoms with Crippen molar-refractivity contribution >= 4 is 0 Å². The molecule has 66 valence electrons. The summed E-state index contributed by atoms with van der Waals surface area (Å²) in [5.41, 5.74) is 0. The zero-order chi connectivity index (χ0) is 8.65. The molecule has 0 aromatic heterocycles. The van der Waals surface area contributed by atoms with Gasteiger partial charge in [0.2, 0.25) is 0 Å². The highest BCUT2D eigenvalue weighted by molar-refractivity contribution is 4.75. The molecule has 1 saturated heterocycles. The third-order valence-electron chi connectivity index (χ3n) is 3.48. The molecule has 1 aliphatic rings. The summed E-state index contributed by atoms with van der Waals surface area (Å²) in [4.78, 5) is 0. The number of rotatable bonds is 3. The van der Waals surface area contributed by atoms with Crippen LogP contribution in [0.4, 0.5) is 0 Å². The SMILES string of the molecule is CCC(C(C)C)[N+]1(C)CC1C. The monoisotopic (exact) mass is 156 g/mol. The summed E-state index contributed by atoms with van der Waals surface area (Å²) in [7, 11) is 2.40. The fourth-order valence-corrected chi connectivity index (χ4v) is 2.55. The molecule has 1 rings (SSSR count). The van der Waals surface area contributed by atoms with Crippen LogP contribution in [0.15, 0.2) is 0 Å². The molecular formula is C10H22N+. The maximum absolute atomic E-state index is 2.40. The van der Waals surface area contributed by atoms with E-state index in [2.05, 4.69) is 34.7 Å². The molecule has 1 aliphatic heterocycles. The van der Waals surface area contributed by atoms with Crippen LogP contribution in [0.3, 0.4) is 0 Å². The minimum absolute atomic E-state index is 0.843. The molecule has 0 spiro atoms. The maximum atomic E-state index is 2.40. The molecule has 0 aromatic carbocycles. The first kappa shape index (κ1) is 9.05. The largest absolute Gasteiger partial charge is 0.312 e. The molecule has 1 fully saturated rings. The van der Waals surface area contributed by atoms with Crippen LogP contribution in [0, 0.1) is 5.92 Å². The molecular weight excluding hydrogens is 134 g/mol. The molecule has 0 amide bonds. The summed E-state index contributed by atoms with van der Waals surface area (Å²) in [6.45, 7) is 10.8. The number of likely N-dealkylation sites (N-methyl/N-ethyl adjacent to an activating group) is 1. The molecule has 1 nitrogen and oxygen atoms in total. The summed E-state index contributed by atoms with van der Waals surface area (Å²) in [6.07, 6.45) is 1.33. The Hall–Kier alpha value is -0.0400. The van der Waals surface area contributed by atoms with Crippen LogP contribution in [0.25, 0.3) is 0 Å². The van der Waals surface area contributed by atoms with Crippen LogP contribution in [0.2, 0.25) is 0 Å². The van der Waals surface area contributed by atoms with Crippen LogP contribution in [-0.4, -0.2) is 30.2 Å². The van der Waals surface area contributed by atoms with Crippen molar-refractivity contribution in [2.24, 2.45) is 5.92 Å². The van der Waals surface area contributed by atoms with E-state index in [0.717, 1.165) is 18.0 Å². The molecule has 0 aliphatic carbocycles. The Labute approximate surface area is 71.0 Å². The summed E-state index contributed by atoms with van der Waals surface area (Å²) in [6, 6.07) is 1.81. The van der Waals surface area contributed by atoms with E-state index >= 15 is 0 Å². The highest BCUT2D eigenvalue weighted by atomic mass is 15.5. The zero-order valence-electron chi connectivity index (χ0n) is 8.59. The normalized spacial score (nSPS) is 39.3. The summed E-state index contributed by atoms with van der Waals surface area (Å²) in [5, 5.41) is 0. The lowest BCUT2D eigenvalue weighted by molar-refractivity contribution is -0.824. The summed E-state index contributed by atoms with van der Waals surface area (Å²) >= 11 is 0. The van der Waals surface area contributed by atoms with Gasteiger partial charge in [-0.15, -0.1) is 0 Å². The molecule has 1 heterocycles. The maximum Gasteiger partial charge on any atom is 0.136 e. The van der Waals surface area contributed by atoms with Gasteiger partial charge in [-0.05, 0) is 13.3 Å². The van der Waals surface area contributed by atoms with E-state index in [9.17, 15) is 0 Å². The lowest BCUT2D eigenvalue weighted by Gasteiger charge is -2.28. The summed E-state index contributed by atoms with van der Waals surface area (Å²) in [5.74, 6) is 0.843. The Balaban J connectivity index is 2.56. The quantitative estimate of drug-likeness (QED) is 0.434. The van der Waals surface area contributed by atoms with Crippen molar-refractivity contribution in [1.29, 1.82) is 0 Å². The number of nitrogens with zero attached hydrogens (tertiary/aromatic N) is 1. The van der Waals surface area contributed by atoms with E-state index in [-0.39, 0.29) is 0 Å². The highest BCUT2D eigenvalue weighted by Gasteiger charge is 2.52. The van der Waals surface area contributed by atoms with Crippen molar-refractivity contribution in [2.75, 3.05) is 13.6 Å². The standard InChI is InChI=1S/C10H22N/c1-6-10(8(2)3)11(5)7-9(11)4/h8-10H,6-7H2,1-5H3/q+1. The topological polar surface area (TPSA) is 0 Å². The van der Waals surface area contributed by atoms with Gasteiger partial charge in [-0.1, -0.05) is 20.8 Å². The Kier molecular flexibility index (Phi) is 2.29. The fraction of sp³-hybridized carbons (Fsp3) is 1.00. The van der Waals surface area contributed by atoms with Crippen LogP contribution >= 0.6 is 0 Å². The Bertz CT molecular complexity index is 142. The van der Waals surface area contributed by atoms with Crippen molar-refractivity contribution in [3.8, 4) is 0 Å². The van der Waals surface area contributed by atoms with Gasteiger partial charge in [-0.2, -0.15) is 0 Å². The molecule has 0 saturated carbocycles. The van der Waals surface area contributed by atoms with Gasteiger partial charge in [0.05, 0.1) is 13.1 Å².